The number of nitrogens with zero attached hydrogens (tertiary/aromatic N) is 3. The van der Waals surface area contributed by atoms with E-state index in [1.54, 1.807) is 22.7 Å². The Morgan fingerprint density at radius 3 is 2.52 bits per heavy atom. The van der Waals surface area contributed by atoms with Gasteiger partial charge in [0.05, 0.1) is 18.5 Å². The molecule has 2 heterocycles. The number of sulfonamides is 1. The van der Waals surface area contributed by atoms with Gasteiger partial charge >= 0.3 is 0 Å². The zero-order valence-corrected chi connectivity index (χ0v) is 21.8. The molecule has 1 atom stereocenters. The van der Waals surface area contributed by atoms with Crippen LogP contribution >= 0.6 is 35.3 Å². The molecule has 0 radical (unpaired) electrons. The van der Waals surface area contributed by atoms with Crippen molar-refractivity contribution in [2.24, 2.45) is 10.9 Å². The molecular weight excluding hydrogens is 523 g/mol. The number of guanidine groups is 1. The van der Waals surface area contributed by atoms with Gasteiger partial charge in [-0.2, -0.15) is 4.31 Å². The second-order valence-corrected chi connectivity index (χ2v) is 10.6. The van der Waals surface area contributed by atoms with Crippen LogP contribution in [-0.2, 0) is 21.2 Å². The summed E-state index contributed by atoms with van der Waals surface area (Å²) in [5, 5.41) is 5.55. The lowest BCUT2D eigenvalue weighted by Crippen LogP contribution is -2.54. The van der Waals surface area contributed by atoms with E-state index in [0.29, 0.717) is 32.1 Å². The van der Waals surface area contributed by atoms with Crippen molar-refractivity contribution in [3.8, 4) is 0 Å². The molecule has 29 heavy (non-hydrogen) atoms. The number of hydrogen-bond donors (Lipinski definition) is 1. The zero-order valence-electron chi connectivity index (χ0n) is 17.8. The fourth-order valence-corrected chi connectivity index (χ4v) is 5.29. The van der Waals surface area contributed by atoms with Crippen LogP contribution in [0.25, 0.3) is 0 Å². The molecule has 1 fully saturated rings. The highest BCUT2D eigenvalue weighted by Crippen LogP contribution is 2.14. The summed E-state index contributed by atoms with van der Waals surface area (Å²) >= 11 is 1.79. The lowest BCUT2D eigenvalue weighted by Gasteiger charge is -2.36. The highest BCUT2D eigenvalue weighted by atomic mass is 127. The van der Waals surface area contributed by atoms with E-state index in [1.807, 2.05) is 13.8 Å². The van der Waals surface area contributed by atoms with Crippen molar-refractivity contribution in [2.45, 2.75) is 33.3 Å². The van der Waals surface area contributed by atoms with Crippen molar-refractivity contribution in [3.63, 3.8) is 0 Å². The summed E-state index contributed by atoms with van der Waals surface area (Å²) in [4.78, 5) is 7.91. The Kier molecular flexibility index (Phi) is 12.0. The fourth-order valence-electron chi connectivity index (χ4n) is 3.14. The van der Waals surface area contributed by atoms with E-state index >= 15 is 0 Å². The molecule has 0 amide bonds. The van der Waals surface area contributed by atoms with Crippen molar-refractivity contribution < 1.29 is 13.2 Å². The van der Waals surface area contributed by atoms with Gasteiger partial charge in [-0.25, -0.2) is 8.42 Å². The standard InChI is InChI=1S/C19H34N4O3S2.HI/c1-16(2)26-11-13-28(24,25)23-9-7-22(8-10-23)19(20-4)21-15-17(3)14-18-6-5-12-27-18;/h5-6,12,16-17H,7-11,13-15H2,1-4H3,(H,20,21);1H. The number of aliphatic imine (C=N–C) groups is 1. The lowest BCUT2D eigenvalue weighted by atomic mass is 10.1. The normalized spacial score (nSPS) is 17.3. The number of rotatable bonds is 9. The first-order valence-electron chi connectivity index (χ1n) is 9.89. The van der Waals surface area contributed by atoms with Crippen molar-refractivity contribution >= 4 is 51.3 Å². The fraction of sp³-hybridized carbons (Fsp3) is 0.737. The highest BCUT2D eigenvalue weighted by Gasteiger charge is 2.28. The average Bonchev–Trinajstić information content (AvgIpc) is 3.15. The Balaban J connectivity index is 0.00000420. The van der Waals surface area contributed by atoms with E-state index in [0.717, 1.165) is 18.9 Å². The quantitative estimate of drug-likeness (QED) is 0.287. The SMILES string of the molecule is CN=C(NCC(C)Cc1cccs1)N1CCN(S(=O)(=O)CCOC(C)C)CC1.I. The highest BCUT2D eigenvalue weighted by molar-refractivity contribution is 14.0. The third-order valence-corrected chi connectivity index (χ3v) is 7.41. The summed E-state index contributed by atoms with van der Waals surface area (Å²) in [6.45, 7) is 9.37. The van der Waals surface area contributed by atoms with E-state index in [-0.39, 0.29) is 42.4 Å². The van der Waals surface area contributed by atoms with Crippen molar-refractivity contribution in [2.75, 3.05) is 52.1 Å². The van der Waals surface area contributed by atoms with Crippen LogP contribution in [0, 0.1) is 5.92 Å². The number of hydrogen-bond acceptors (Lipinski definition) is 5. The van der Waals surface area contributed by atoms with E-state index in [1.165, 1.54) is 4.88 Å². The summed E-state index contributed by atoms with van der Waals surface area (Å²) in [6, 6.07) is 4.25. The molecule has 7 nitrogen and oxygen atoms in total. The number of thiophene rings is 1. The molecule has 0 saturated carbocycles. The van der Waals surface area contributed by atoms with Gasteiger partial charge in [0.15, 0.2) is 5.96 Å². The molecule has 0 aliphatic carbocycles. The number of halogens is 1. The van der Waals surface area contributed by atoms with E-state index in [2.05, 4.69) is 39.6 Å². The third-order valence-electron chi connectivity index (χ3n) is 4.67. The molecule has 10 heteroatoms. The minimum absolute atomic E-state index is 0. The maximum absolute atomic E-state index is 12.5. The van der Waals surface area contributed by atoms with E-state index in [9.17, 15) is 8.42 Å². The Hall–Kier alpha value is -0.430. The third kappa shape index (κ3) is 9.07. The Morgan fingerprint density at radius 2 is 1.97 bits per heavy atom. The minimum atomic E-state index is -3.27. The molecule has 1 aromatic rings. The van der Waals surface area contributed by atoms with Crippen molar-refractivity contribution in [1.82, 2.24) is 14.5 Å². The summed E-state index contributed by atoms with van der Waals surface area (Å²) in [7, 11) is -1.49. The number of piperazine rings is 1. The van der Waals surface area contributed by atoms with Crippen molar-refractivity contribution in [1.29, 1.82) is 0 Å². The van der Waals surface area contributed by atoms with Crippen LogP contribution < -0.4 is 5.32 Å². The second kappa shape index (κ2) is 13.1. The maximum Gasteiger partial charge on any atom is 0.216 e. The van der Waals surface area contributed by atoms with Crippen LogP contribution in [0.5, 0.6) is 0 Å². The van der Waals surface area contributed by atoms with Crippen LogP contribution in [0.3, 0.4) is 0 Å². The van der Waals surface area contributed by atoms with Crippen LogP contribution in [0.2, 0.25) is 0 Å². The molecule has 2 rings (SSSR count). The van der Waals surface area contributed by atoms with E-state index < -0.39 is 10.0 Å². The molecule has 0 aromatic carbocycles. The summed E-state index contributed by atoms with van der Waals surface area (Å²) in [6.07, 6.45) is 1.09. The van der Waals surface area contributed by atoms with Crippen LogP contribution in [0.1, 0.15) is 25.6 Å². The van der Waals surface area contributed by atoms with Gasteiger partial charge in [0.25, 0.3) is 0 Å². The van der Waals surface area contributed by atoms with Crippen LogP contribution in [0.4, 0.5) is 0 Å². The van der Waals surface area contributed by atoms with Gasteiger partial charge in [0, 0.05) is 44.6 Å². The van der Waals surface area contributed by atoms with Gasteiger partial charge < -0.3 is 15.0 Å². The van der Waals surface area contributed by atoms with Gasteiger partial charge in [-0.1, -0.05) is 13.0 Å². The second-order valence-electron chi connectivity index (χ2n) is 7.44. The Labute approximate surface area is 197 Å². The average molecular weight is 559 g/mol. The van der Waals surface area contributed by atoms with Crippen molar-refractivity contribution in [3.05, 3.63) is 22.4 Å². The van der Waals surface area contributed by atoms with Gasteiger partial charge in [-0.05, 0) is 37.6 Å². The topological polar surface area (TPSA) is 74.2 Å². The molecule has 1 aliphatic rings. The first kappa shape index (κ1) is 26.6. The molecular formula is C19H35IN4O3S2. The first-order chi connectivity index (χ1) is 13.3. The largest absolute Gasteiger partial charge is 0.378 e. The molecule has 1 aromatic heterocycles. The lowest BCUT2D eigenvalue weighted by molar-refractivity contribution is 0.0904. The number of nitrogens with one attached hydrogen (secondary N) is 1. The van der Waals surface area contributed by atoms with Gasteiger partial charge in [0.2, 0.25) is 10.0 Å². The Bertz CT molecular complexity index is 703. The predicted octanol–water partition coefficient (Wildman–Crippen LogP) is 2.49. The maximum atomic E-state index is 12.5. The molecule has 0 bridgehead atoms. The van der Waals surface area contributed by atoms with Crippen LogP contribution in [-0.4, -0.2) is 81.8 Å². The molecule has 168 valence electrons. The zero-order chi connectivity index (χ0) is 20.6. The summed E-state index contributed by atoms with van der Waals surface area (Å²) in [5.74, 6) is 1.38. The van der Waals surface area contributed by atoms with Crippen LogP contribution in [0.15, 0.2) is 22.5 Å². The first-order valence-corrected chi connectivity index (χ1v) is 12.4. The molecule has 1 unspecified atom stereocenters. The molecule has 0 spiro atoms. The number of ether oxygens (including phenoxy) is 1. The van der Waals surface area contributed by atoms with Gasteiger partial charge in [-0.15, -0.1) is 35.3 Å². The predicted molar refractivity (Wildman–Crippen MR) is 132 cm³/mol. The summed E-state index contributed by atoms with van der Waals surface area (Å²) < 4.78 is 31.9. The molecule has 1 aliphatic heterocycles. The molecule has 1 saturated heterocycles. The smallest absolute Gasteiger partial charge is 0.216 e. The monoisotopic (exact) mass is 558 g/mol. The van der Waals surface area contributed by atoms with Gasteiger partial charge in [0.1, 0.15) is 0 Å². The molecule has 1 N–H and O–H groups in total. The van der Waals surface area contributed by atoms with Gasteiger partial charge in [-0.3, -0.25) is 4.99 Å². The Morgan fingerprint density at radius 1 is 1.28 bits per heavy atom. The van der Waals surface area contributed by atoms with E-state index in [4.69, 9.17) is 4.74 Å². The minimum Gasteiger partial charge on any atom is -0.378 e. The summed E-state index contributed by atoms with van der Waals surface area (Å²) in [5.41, 5.74) is 0.